The van der Waals surface area contributed by atoms with Gasteiger partial charge in [0.25, 0.3) is 0 Å². The van der Waals surface area contributed by atoms with Gasteiger partial charge in [-0.05, 0) is 110 Å². The van der Waals surface area contributed by atoms with Gasteiger partial charge in [-0.2, -0.15) is 0 Å². The Balaban J connectivity index is 1.12. The summed E-state index contributed by atoms with van der Waals surface area (Å²) in [5.74, 6) is 3.26. The molecule has 0 unspecified atom stereocenters. The van der Waals surface area contributed by atoms with Crippen LogP contribution in [0.15, 0.2) is 72.8 Å². The summed E-state index contributed by atoms with van der Waals surface area (Å²) in [4.78, 5) is 4.78. The Bertz CT molecular complexity index is 1670. The zero-order valence-electron chi connectivity index (χ0n) is 24.9. The lowest BCUT2D eigenvalue weighted by atomic mass is 10.0. The Morgan fingerprint density at radius 1 is 0.667 bits per heavy atom. The SMILES string of the molecule is COc1ccc(/C=C\c2cc(C)c(C)c(OC)c2)cc1OCCCCOc1ccc(-c2nc3ccccc3s2)cc1C. The van der Waals surface area contributed by atoms with E-state index in [4.69, 9.17) is 23.9 Å². The maximum absolute atomic E-state index is 6.12. The van der Waals surface area contributed by atoms with E-state index >= 15 is 0 Å². The molecule has 0 saturated heterocycles. The number of aryl methyl sites for hydroxylation is 2. The van der Waals surface area contributed by atoms with Gasteiger partial charge in [0.1, 0.15) is 16.5 Å². The molecule has 0 aliphatic heterocycles. The first-order valence-electron chi connectivity index (χ1n) is 14.2. The van der Waals surface area contributed by atoms with Gasteiger partial charge in [-0.1, -0.05) is 36.4 Å². The molecule has 216 valence electrons. The Morgan fingerprint density at radius 2 is 1.36 bits per heavy atom. The molecule has 0 bridgehead atoms. The summed E-state index contributed by atoms with van der Waals surface area (Å²) in [5.41, 5.74) is 7.76. The number of fused-ring (bicyclic) bond motifs is 1. The highest BCUT2D eigenvalue weighted by Gasteiger charge is 2.09. The molecular weight excluding hydrogens is 542 g/mol. The lowest BCUT2D eigenvalue weighted by Crippen LogP contribution is -2.04. The molecule has 0 aliphatic rings. The summed E-state index contributed by atoms with van der Waals surface area (Å²) in [6, 6.07) is 24.7. The van der Waals surface area contributed by atoms with Gasteiger partial charge in [0.2, 0.25) is 0 Å². The minimum Gasteiger partial charge on any atom is -0.496 e. The second-order valence-electron chi connectivity index (χ2n) is 10.3. The van der Waals surface area contributed by atoms with Crippen molar-refractivity contribution in [3.63, 3.8) is 0 Å². The van der Waals surface area contributed by atoms with Gasteiger partial charge in [-0.3, -0.25) is 0 Å². The Kier molecular flexibility index (Phi) is 9.45. The molecule has 0 amide bonds. The second kappa shape index (κ2) is 13.6. The summed E-state index contributed by atoms with van der Waals surface area (Å²) >= 11 is 1.71. The topological polar surface area (TPSA) is 49.8 Å². The van der Waals surface area contributed by atoms with Crippen LogP contribution in [0.25, 0.3) is 32.9 Å². The highest BCUT2D eigenvalue weighted by atomic mass is 32.1. The minimum atomic E-state index is 0.580. The van der Waals surface area contributed by atoms with Gasteiger partial charge >= 0.3 is 0 Å². The number of methoxy groups -OCH3 is 2. The highest BCUT2D eigenvalue weighted by Crippen LogP contribution is 2.33. The summed E-state index contributed by atoms with van der Waals surface area (Å²) in [6.07, 6.45) is 5.92. The van der Waals surface area contributed by atoms with Crippen molar-refractivity contribution in [1.29, 1.82) is 0 Å². The van der Waals surface area contributed by atoms with Crippen LogP contribution in [0, 0.1) is 20.8 Å². The molecule has 42 heavy (non-hydrogen) atoms. The molecule has 4 aromatic carbocycles. The van der Waals surface area contributed by atoms with E-state index in [0.717, 1.165) is 74.2 Å². The predicted octanol–water partition coefficient (Wildman–Crippen LogP) is 9.31. The minimum absolute atomic E-state index is 0.580. The predicted molar refractivity (Wildman–Crippen MR) is 174 cm³/mol. The van der Waals surface area contributed by atoms with Gasteiger partial charge in [0.15, 0.2) is 11.5 Å². The summed E-state index contributed by atoms with van der Waals surface area (Å²) in [7, 11) is 3.37. The van der Waals surface area contributed by atoms with Crippen molar-refractivity contribution in [2.45, 2.75) is 33.6 Å². The largest absolute Gasteiger partial charge is 0.496 e. The van der Waals surface area contributed by atoms with E-state index in [9.17, 15) is 0 Å². The van der Waals surface area contributed by atoms with Crippen LogP contribution in [0.5, 0.6) is 23.0 Å². The summed E-state index contributed by atoms with van der Waals surface area (Å²) in [6.45, 7) is 7.47. The maximum Gasteiger partial charge on any atom is 0.161 e. The number of hydrogen-bond donors (Lipinski definition) is 0. The molecule has 0 aliphatic carbocycles. The fraction of sp³-hybridized carbons (Fsp3) is 0.250. The fourth-order valence-corrected chi connectivity index (χ4v) is 5.73. The summed E-state index contributed by atoms with van der Waals surface area (Å²) < 4.78 is 24.5. The van der Waals surface area contributed by atoms with Crippen LogP contribution in [0.1, 0.15) is 40.7 Å². The lowest BCUT2D eigenvalue weighted by Gasteiger charge is -2.13. The molecule has 0 saturated carbocycles. The third kappa shape index (κ3) is 6.94. The van der Waals surface area contributed by atoms with E-state index in [1.807, 2.05) is 30.3 Å². The molecule has 0 radical (unpaired) electrons. The third-order valence-electron chi connectivity index (χ3n) is 7.29. The first-order chi connectivity index (χ1) is 20.4. The molecule has 6 heteroatoms. The third-order valence-corrected chi connectivity index (χ3v) is 8.37. The number of benzene rings is 4. The standard InChI is InChI=1S/C36H37NO4S/c1-24-20-28(23-33(39-5)26(24)3)13-12-27-14-16-32(38-4)34(22-27)41-19-9-8-18-40-31-17-15-29(21-25(31)2)36-37-30-10-6-7-11-35(30)42-36/h6-7,10-17,20-23H,8-9,18-19H2,1-5H3/b13-12-. The fourth-order valence-electron chi connectivity index (χ4n) is 4.77. The quantitative estimate of drug-likeness (QED) is 0.109. The van der Waals surface area contributed by atoms with Crippen molar-refractivity contribution < 1.29 is 18.9 Å². The monoisotopic (exact) mass is 579 g/mol. The van der Waals surface area contributed by atoms with Crippen molar-refractivity contribution in [3.8, 4) is 33.6 Å². The van der Waals surface area contributed by atoms with Crippen LogP contribution in [0.3, 0.4) is 0 Å². The van der Waals surface area contributed by atoms with Crippen molar-refractivity contribution in [2.75, 3.05) is 27.4 Å². The number of para-hydroxylation sites is 1. The number of nitrogens with zero attached hydrogens (tertiary/aromatic N) is 1. The van der Waals surface area contributed by atoms with Gasteiger partial charge in [-0.25, -0.2) is 4.98 Å². The normalized spacial score (nSPS) is 11.3. The Hall–Kier alpha value is -4.29. The van der Waals surface area contributed by atoms with Crippen LogP contribution in [0.4, 0.5) is 0 Å². The van der Waals surface area contributed by atoms with Crippen LogP contribution in [-0.2, 0) is 0 Å². The van der Waals surface area contributed by atoms with E-state index in [1.165, 1.54) is 10.3 Å². The second-order valence-corrected chi connectivity index (χ2v) is 11.3. The molecule has 0 fully saturated rings. The van der Waals surface area contributed by atoms with Crippen LogP contribution in [-0.4, -0.2) is 32.4 Å². The van der Waals surface area contributed by atoms with Gasteiger partial charge in [-0.15, -0.1) is 11.3 Å². The highest BCUT2D eigenvalue weighted by molar-refractivity contribution is 7.21. The zero-order valence-corrected chi connectivity index (χ0v) is 25.7. The molecular formula is C36H37NO4S. The van der Waals surface area contributed by atoms with E-state index in [1.54, 1.807) is 25.6 Å². The first-order valence-corrected chi connectivity index (χ1v) is 15.0. The summed E-state index contributed by atoms with van der Waals surface area (Å²) in [5, 5.41) is 1.03. The molecule has 5 nitrogen and oxygen atoms in total. The number of hydrogen-bond acceptors (Lipinski definition) is 6. The van der Waals surface area contributed by atoms with Crippen molar-refractivity contribution in [1.82, 2.24) is 4.98 Å². The first kappa shape index (κ1) is 29.2. The number of unbranched alkanes of at least 4 members (excludes halogenated alkanes) is 1. The molecule has 0 N–H and O–H groups in total. The van der Waals surface area contributed by atoms with E-state index in [0.29, 0.717) is 13.2 Å². The van der Waals surface area contributed by atoms with Crippen LogP contribution >= 0.6 is 11.3 Å². The van der Waals surface area contributed by atoms with Crippen molar-refractivity contribution in [3.05, 3.63) is 101 Å². The van der Waals surface area contributed by atoms with Crippen molar-refractivity contribution in [2.24, 2.45) is 0 Å². The zero-order chi connectivity index (χ0) is 29.5. The van der Waals surface area contributed by atoms with Crippen LogP contribution < -0.4 is 18.9 Å². The van der Waals surface area contributed by atoms with Gasteiger partial charge < -0.3 is 18.9 Å². The number of rotatable bonds is 12. The number of thiazole rings is 1. The Labute approximate surface area is 252 Å². The van der Waals surface area contributed by atoms with E-state index in [-0.39, 0.29) is 0 Å². The molecule has 0 atom stereocenters. The van der Waals surface area contributed by atoms with Crippen molar-refractivity contribution >= 4 is 33.7 Å². The van der Waals surface area contributed by atoms with Gasteiger partial charge in [0.05, 0.1) is 37.6 Å². The van der Waals surface area contributed by atoms with Gasteiger partial charge in [0, 0.05) is 5.56 Å². The molecule has 0 spiro atoms. The number of aromatic nitrogens is 1. The van der Waals surface area contributed by atoms with E-state index < -0.39 is 0 Å². The lowest BCUT2D eigenvalue weighted by molar-refractivity contribution is 0.258. The van der Waals surface area contributed by atoms with E-state index in [2.05, 4.69) is 75.4 Å². The average Bonchev–Trinajstić information content (AvgIpc) is 3.44. The maximum atomic E-state index is 6.12. The Morgan fingerprint density at radius 3 is 2.10 bits per heavy atom. The smallest absolute Gasteiger partial charge is 0.161 e. The molecule has 1 aromatic heterocycles. The number of ether oxygens (including phenoxy) is 4. The van der Waals surface area contributed by atoms with Crippen LogP contribution in [0.2, 0.25) is 0 Å². The molecule has 1 heterocycles. The average molecular weight is 580 g/mol. The molecule has 5 rings (SSSR count). The molecule has 5 aromatic rings.